The van der Waals surface area contributed by atoms with Crippen LogP contribution in [0.2, 0.25) is 0 Å². The molecule has 1 heterocycles. The van der Waals surface area contributed by atoms with Crippen molar-refractivity contribution < 1.29 is 26.3 Å². The number of nitrogens with zero attached hydrogens (tertiary/aromatic N) is 1. The van der Waals surface area contributed by atoms with Gasteiger partial charge in [-0.05, 0) is 35.9 Å². The minimum absolute atomic E-state index is 0.0794. The first-order chi connectivity index (χ1) is 12.9. The number of nitrogens with one attached hydrogen (secondary N) is 1. The van der Waals surface area contributed by atoms with E-state index in [1.54, 1.807) is 12.1 Å². The zero-order valence-corrected chi connectivity index (χ0v) is 15.2. The highest BCUT2D eigenvalue weighted by Crippen LogP contribution is 2.23. The van der Waals surface area contributed by atoms with E-state index in [1.807, 2.05) is 4.90 Å². The molecule has 146 valence electrons. The molecule has 27 heavy (non-hydrogen) atoms. The first kappa shape index (κ1) is 19.8. The maximum absolute atomic E-state index is 13.9. The molecule has 0 bridgehead atoms. The second kappa shape index (κ2) is 8.39. The van der Waals surface area contributed by atoms with Crippen molar-refractivity contribution in [3.05, 3.63) is 65.5 Å². The van der Waals surface area contributed by atoms with Crippen molar-refractivity contribution in [3.63, 3.8) is 0 Å². The predicted octanol–water partition coefficient (Wildman–Crippen LogP) is 2.46. The molecule has 0 saturated carbocycles. The number of rotatable bonds is 6. The van der Waals surface area contributed by atoms with Crippen LogP contribution in [0.4, 0.5) is 13.2 Å². The van der Waals surface area contributed by atoms with E-state index in [4.69, 9.17) is 4.74 Å². The largest absolute Gasteiger partial charge is 0.379 e. The molecule has 2 aromatic rings. The monoisotopic (exact) mass is 400 g/mol. The van der Waals surface area contributed by atoms with E-state index in [-0.39, 0.29) is 6.54 Å². The molecule has 0 aliphatic carbocycles. The van der Waals surface area contributed by atoms with Crippen LogP contribution < -0.4 is 4.72 Å². The summed E-state index contributed by atoms with van der Waals surface area (Å²) in [5, 5.41) is 0. The molecular weight excluding hydrogens is 381 g/mol. The zero-order valence-electron chi connectivity index (χ0n) is 14.4. The van der Waals surface area contributed by atoms with Gasteiger partial charge in [0.15, 0.2) is 0 Å². The van der Waals surface area contributed by atoms with E-state index in [2.05, 4.69) is 4.72 Å². The van der Waals surface area contributed by atoms with Crippen molar-refractivity contribution in [1.29, 1.82) is 0 Å². The van der Waals surface area contributed by atoms with Crippen LogP contribution in [0.25, 0.3) is 0 Å². The average molecular weight is 400 g/mol. The molecular formula is C18H19F3N2O3S. The average Bonchev–Trinajstić information content (AvgIpc) is 2.66. The third-order valence-corrected chi connectivity index (χ3v) is 5.83. The summed E-state index contributed by atoms with van der Waals surface area (Å²) in [5.41, 5.74) is 0.709. The Hall–Kier alpha value is -1.94. The molecule has 1 fully saturated rings. The van der Waals surface area contributed by atoms with Crippen LogP contribution in [-0.2, 0) is 14.8 Å². The van der Waals surface area contributed by atoms with Crippen LogP contribution in [0.15, 0.2) is 47.4 Å². The van der Waals surface area contributed by atoms with Gasteiger partial charge in [-0.2, -0.15) is 0 Å². The van der Waals surface area contributed by atoms with Gasteiger partial charge in [0.25, 0.3) is 0 Å². The lowest BCUT2D eigenvalue weighted by Crippen LogP contribution is -2.43. The minimum atomic E-state index is -4.26. The van der Waals surface area contributed by atoms with Gasteiger partial charge in [0.1, 0.15) is 22.3 Å². The fourth-order valence-corrected chi connectivity index (χ4v) is 4.11. The van der Waals surface area contributed by atoms with E-state index in [9.17, 15) is 21.6 Å². The highest BCUT2D eigenvalue weighted by molar-refractivity contribution is 7.89. The smallest absolute Gasteiger partial charge is 0.243 e. The number of sulfonamides is 1. The standard InChI is InChI=1S/C18H19F3N2O3S/c19-14-3-1-13(2-4-14)17(23-7-9-26-10-8-23)12-22-27(24,25)18-11-15(20)5-6-16(18)21/h1-6,11,17,22H,7-10,12H2. The number of halogens is 3. The summed E-state index contributed by atoms with van der Waals surface area (Å²) in [7, 11) is -4.26. The Labute approximate surface area is 155 Å². The lowest BCUT2D eigenvalue weighted by molar-refractivity contribution is 0.0172. The zero-order chi connectivity index (χ0) is 19.4. The van der Waals surface area contributed by atoms with Gasteiger partial charge in [0, 0.05) is 25.7 Å². The van der Waals surface area contributed by atoms with Crippen molar-refractivity contribution in [2.75, 3.05) is 32.8 Å². The van der Waals surface area contributed by atoms with Gasteiger partial charge in [0.2, 0.25) is 10.0 Å². The molecule has 1 aliphatic rings. The second-order valence-electron chi connectivity index (χ2n) is 6.14. The van der Waals surface area contributed by atoms with Gasteiger partial charge in [0.05, 0.1) is 13.2 Å². The van der Waals surface area contributed by atoms with Gasteiger partial charge >= 0.3 is 0 Å². The SMILES string of the molecule is O=S(=O)(NCC(c1ccc(F)cc1)N1CCOCC1)c1cc(F)ccc1F. The molecule has 0 amide bonds. The van der Waals surface area contributed by atoms with Gasteiger partial charge in [-0.1, -0.05) is 12.1 Å². The Balaban J connectivity index is 1.83. The second-order valence-corrected chi connectivity index (χ2v) is 7.88. The molecule has 9 heteroatoms. The molecule has 0 spiro atoms. The van der Waals surface area contributed by atoms with E-state index in [0.717, 1.165) is 12.1 Å². The molecule has 1 saturated heterocycles. The van der Waals surface area contributed by atoms with Crippen LogP contribution in [-0.4, -0.2) is 46.2 Å². The molecule has 5 nitrogen and oxygen atoms in total. The molecule has 2 aromatic carbocycles. The van der Waals surface area contributed by atoms with Crippen LogP contribution >= 0.6 is 0 Å². The summed E-state index contributed by atoms with van der Waals surface area (Å²) in [6, 6.07) is 7.60. The molecule has 1 aliphatic heterocycles. The summed E-state index contributed by atoms with van der Waals surface area (Å²) < 4.78 is 73.0. The Kier molecular flexibility index (Phi) is 6.15. The number of hydrogen-bond donors (Lipinski definition) is 1. The summed E-state index contributed by atoms with van der Waals surface area (Å²) in [4.78, 5) is 1.25. The molecule has 3 rings (SSSR count). The third kappa shape index (κ3) is 4.86. The van der Waals surface area contributed by atoms with Crippen molar-refractivity contribution in [1.82, 2.24) is 9.62 Å². The van der Waals surface area contributed by atoms with Crippen molar-refractivity contribution in [2.24, 2.45) is 0 Å². The van der Waals surface area contributed by atoms with Gasteiger partial charge in [-0.25, -0.2) is 26.3 Å². The van der Waals surface area contributed by atoms with Crippen LogP contribution in [0.3, 0.4) is 0 Å². The molecule has 0 radical (unpaired) electrons. The first-order valence-electron chi connectivity index (χ1n) is 8.39. The fourth-order valence-electron chi connectivity index (χ4n) is 2.98. The van der Waals surface area contributed by atoms with Crippen LogP contribution in [0.5, 0.6) is 0 Å². The Morgan fingerprint density at radius 3 is 2.30 bits per heavy atom. The highest BCUT2D eigenvalue weighted by Gasteiger charge is 2.26. The maximum Gasteiger partial charge on any atom is 0.243 e. The number of hydrogen-bond acceptors (Lipinski definition) is 4. The maximum atomic E-state index is 13.9. The Bertz CT molecular complexity index is 885. The first-order valence-corrected chi connectivity index (χ1v) is 9.87. The van der Waals surface area contributed by atoms with E-state index < -0.39 is 38.4 Å². The van der Waals surface area contributed by atoms with Crippen molar-refractivity contribution in [3.8, 4) is 0 Å². The number of ether oxygens (including phenoxy) is 1. The normalized spacial score (nSPS) is 17.0. The quantitative estimate of drug-likeness (QED) is 0.809. The molecule has 1 unspecified atom stereocenters. The summed E-state index contributed by atoms with van der Waals surface area (Å²) in [6.07, 6.45) is 0. The third-order valence-electron chi connectivity index (χ3n) is 4.39. The summed E-state index contributed by atoms with van der Waals surface area (Å²) in [6.45, 7) is 2.03. The fraction of sp³-hybridized carbons (Fsp3) is 0.333. The molecule has 0 aromatic heterocycles. The van der Waals surface area contributed by atoms with Crippen LogP contribution in [0, 0.1) is 17.5 Å². The van der Waals surface area contributed by atoms with Gasteiger partial charge in [-0.3, -0.25) is 4.90 Å². The Morgan fingerprint density at radius 2 is 1.63 bits per heavy atom. The molecule has 1 N–H and O–H groups in total. The van der Waals surface area contributed by atoms with E-state index in [1.165, 1.54) is 12.1 Å². The molecule has 1 atom stereocenters. The predicted molar refractivity (Wildman–Crippen MR) is 93.1 cm³/mol. The number of morpholine rings is 1. The minimum Gasteiger partial charge on any atom is -0.379 e. The van der Waals surface area contributed by atoms with Gasteiger partial charge in [-0.15, -0.1) is 0 Å². The van der Waals surface area contributed by atoms with E-state index >= 15 is 0 Å². The Morgan fingerprint density at radius 1 is 1.00 bits per heavy atom. The van der Waals surface area contributed by atoms with Crippen molar-refractivity contribution in [2.45, 2.75) is 10.9 Å². The van der Waals surface area contributed by atoms with Crippen LogP contribution in [0.1, 0.15) is 11.6 Å². The summed E-state index contributed by atoms with van der Waals surface area (Å²) in [5.74, 6) is -2.28. The lowest BCUT2D eigenvalue weighted by Gasteiger charge is -2.34. The lowest BCUT2D eigenvalue weighted by atomic mass is 10.0. The van der Waals surface area contributed by atoms with E-state index in [0.29, 0.717) is 37.9 Å². The van der Waals surface area contributed by atoms with Gasteiger partial charge < -0.3 is 4.74 Å². The van der Waals surface area contributed by atoms with Crippen molar-refractivity contribution >= 4 is 10.0 Å². The highest BCUT2D eigenvalue weighted by atomic mass is 32.2. The number of benzene rings is 2. The summed E-state index contributed by atoms with van der Waals surface area (Å²) >= 11 is 0. The topological polar surface area (TPSA) is 58.6 Å².